The molecule has 0 aliphatic heterocycles. The number of nitrogens with zero attached hydrogens (tertiary/aromatic N) is 1. The summed E-state index contributed by atoms with van der Waals surface area (Å²) in [5.74, 6) is 0. The summed E-state index contributed by atoms with van der Waals surface area (Å²) in [7, 11) is 0. The van der Waals surface area contributed by atoms with Gasteiger partial charge in [-0.2, -0.15) is 0 Å². The van der Waals surface area contributed by atoms with Gasteiger partial charge in [-0.3, -0.25) is 4.99 Å². The largest absolute Gasteiger partial charge is 0.280 e. The molecule has 0 aromatic heterocycles. The Morgan fingerprint density at radius 2 is 1.06 bits per heavy atom. The van der Waals surface area contributed by atoms with Crippen molar-refractivity contribution in [2.45, 2.75) is 91.5 Å². The van der Waals surface area contributed by atoms with E-state index in [4.69, 9.17) is 16.6 Å². The van der Waals surface area contributed by atoms with Crippen LogP contribution in [0.4, 0.5) is 0 Å². The van der Waals surface area contributed by atoms with Crippen LogP contribution < -0.4 is 0 Å². The van der Waals surface area contributed by atoms with Crippen molar-refractivity contribution in [2.24, 2.45) is 4.99 Å². The van der Waals surface area contributed by atoms with Gasteiger partial charge in [-0.15, -0.1) is 11.6 Å². The minimum absolute atomic E-state index is 0.108. The standard InChI is InChI=1S/C49H50ClN/c1-31-25-33(3)44(34(4)26-31)29-37-15-19-39(20-16-37)49(40-21-17-38(18-22-40)30-45-35(5)27-32(2)28-36(45)6)43-23-24-47(42-12-8-7-11-41(42)43)51-48-14-10-9-13-46(48)50/h7-8,11-12,15-28,46,48H,9-10,13-14,29-30H2,1-6H3. The van der Waals surface area contributed by atoms with Crippen LogP contribution in [0.2, 0.25) is 0 Å². The molecule has 1 saturated carbocycles. The number of fused-ring (bicyclic) bond motifs is 1. The first-order valence-corrected chi connectivity index (χ1v) is 19.1. The van der Waals surface area contributed by atoms with Crippen molar-refractivity contribution in [1.82, 2.24) is 0 Å². The summed E-state index contributed by atoms with van der Waals surface area (Å²) in [6.45, 7) is 13.3. The van der Waals surface area contributed by atoms with E-state index in [1.54, 1.807) is 0 Å². The Morgan fingerprint density at radius 1 is 0.588 bits per heavy atom. The summed E-state index contributed by atoms with van der Waals surface area (Å²) in [6, 6.07) is 36.7. The third kappa shape index (κ3) is 7.61. The molecular weight excluding hydrogens is 638 g/mol. The maximum Gasteiger partial charge on any atom is 0.0670 e. The number of allylic oxidation sites excluding steroid dienone is 3. The molecule has 258 valence electrons. The second kappa shape index (κ2) is 15.0. The minimum Gasteiger partial charge on any atom is -0.280 e. The maximum absolute atomic E-state index is 6.80. The van der Waals surface area contributed by atoms with E-state index >= 15 is 0 Å². The van der Waals surface area contributed by atoms with Crippen LogP contribution >= 0.6 is 11.6 Å². The normalized spacial score (nSPS) is 17.9. The molecule has 7 rings (SSSR count). The van der Waals surface area contributed by atoms with Crippen molar-refractivity contribution >= 4 is 28.5 Å². The van der Waals surface area contributed by atoms with Gasteiger partial charge in [-0.1, -0.05) is 127 Å². The molecule has 1 nitrogen and oxygen atoms in total. The smallest absolute Gasteiger partial charge is 0.0670 e. The van der Waals surface area contributed by atoms with E-state index in [-0.39, 0.29) is 11.4 Å². The summed E-state index contributed by atoms with van der Waals surface area (Å²) in [6.07, 6.45) is 10.9. The molecule has 0 saturated heterocycles. The van der Waals surface area contributed by atoms with E-state index < -0.39 is 0 Å². The fourth-order valence-corrected chi connectivity index (χ4v) is 8.78. The predicted octanol–water partition coefficient (Wildman–Crippen LogP) is 12.6. The number of hydrogen-bond donors (Lipinski definition) is 0. The topological polar surface area (TPSA) is 12.4 Å². The third-order valence-electron chi connectivity index (χ3n) is 11.1. The molecular formula is C49H50ClN. The summed E-state index contributed by atoms with van der Waals surface area (Å²) < 4.78 is 0. The summed E-state index contributed by atoms with van der Waals surface area (Å²) in [5, 5.41) is 0.108. The number of rotatable bonds is 7. The van der Waals surface area contributed by atoms with Crippen LogP contribution in [0.25, 0.3) is 11.1 Å². The van der Waals surface area contributed by atoms with Gasteiger partial charge in [0.2, 0.25) is 0 Å². The van der Waals surface area contributed by atoms with E-state index in [2.05, 4.69) is 151 Å². The van der Waals surface area contributed by atoms with Crippen molar-refractivity contribution in [1.29, 1.82) is 0 Å². The average Bonchev–Trinajstić information content (AvgIpc) is 3.11. The van der Waals surface area contributed by atoms with Gasteiger partial charge >= 0.3 is 0 Å². The van der Waals surface area contributed by atoms with Gasteiger partial charge in [0.25, 0.3) is 0 Å². The number of aryl methyl sites for hydroxylation is 6. The fraction of sp³-hybridized carbons (Fsp3) is 0.286. The Kier molecular flexibility index (Phi) is 10.3. The van der Waals surface area contributed by atoms with Crippen molar-refractivity contribution < 1.29 is 0 Å². The van der Waals surface area contributed by atoms with Crippen LogP contribution in [-0.2, 0) is 12.8 Å². The monoisotopic (exact) mass is 687 g/mol. The Labute approximate surface area is 310 Å². The number of aliphatic imine (C=N–C) groups is 1. The highest BCUT2D eigenvalue weighted by molar-refractivity contribution is 6.22. The summed E-state index contributed by atoms with van der Waals surface area (Å²) in [4.78, 5) is 5.27. The third-order valence-corrected chi connectivity index (χ3v) is 11.6. The molecule has 2 aliphatic carbocycles. The zero-order valence-corrected chi connectivity index (χ0v) is 31.9. The van der Waals surface area contributed by atoms with Gasteiger partial charge in [0.05, 0.1) is 17.1 Å². The number of hydrogen-bond acceptors (Lipinski definition) is 1. The molecule has 2 heteroatoms. The van der Waals surface area contributed by atoms with Crippen LogP contribution in [0, 0.1) is 41.5 Å². The van der Waals surface area contributed by atoms with Crippen LogP contribution in [0.15, 0.2) is 114 Å². The summed E-state index contributed by atoms with van der Waals surface area (Å²) >= 11 is 6.80. The lowest BCUT2D eigenvalue weighted by Crippen LogP contribution is -2.25. The predicted molar refractivity (Wildman–Crippen MR) is 220 cm³/mol. The molecule has 1 fully saturated rings. The quantitative estimate of drug-likeness (QED) is 0.151. The molecule has 5 aromatic carbocycles. The van der Waals surface area contributed by atoms with E-state index in [1.807, 2.05) is 0 Å². The minimum atomic E-state index is 0.108. The van der Waals surface area contributed by atoms with Gasteiger partial charge in [0.15, 0.2) is 0 Å². The molecule has 0 amide bonds. The lowest BCUT2D eigenvalue weighted by atomic mass is 9.83. The molecule has 0 heterocycles. The first-order valence-electron chi connectivity index (χ1n) is 18.7. The van der Waals surface area contributed by atoms with Gasteiger partial charge in [-0.05, 0) is 146 Å². The van der Waals surface area contributed by atoms with Crippen molar-refractivity contribution in [3.05, 3.63) is 187 Å². The lowest BCUT2D eigenvalue weighted by molar-refractivity contribution is 0.450. The molecule has 0 N–H and O–H groups in total. The van der Waals surface area contributed by atoms with Crippen LogP contribution in [-0.4, -0.2) is 17.1 Å². The second-order valence-electron chi connectivity index (χ2n) is 15.1. The highest BCUT2D eigenvalue weighted by Crippen LogP contribution is 2.38. The zero-order chi connectivity index (χ0) is 35.6. The van der Waals surface area contributed by atoms with Gasteiger partial charge < -0.3 is 0 Å². The van der Waals surface area contributed by atoms with E-state index in [0.717, 1.165) is 31.4 Å². The Bertz CT molecular complexity index is 2010. The number of benzene rings is 5. The average molecular weight is 688 g/mol. The Balaban J connectivity index is 1.31. The molecule has 2 aliphatic rings. The highest BCUT2D eigenvalue weighted by Gasteiger charge is 2.25. The molecule has 2 atom stereocenters. The number of halogens is 1. The Hall–Kier alpha value is -4.46. The van der Waals surface area contributed by atoms with Gasteiger partial charge in [0.1, 0.15) is 0 Å². The van der Waals surface area contributed by atoms with E-state index in [1.165, 1.54) is 102 Å². The van der Waals surface area contributed by atoms with Crippen molar-refractivity contribution in [2.75, 3.05) is 0 Å². The molecule has 2 unspecified atom stereocenters. The zero-order valence-electron chi connectivity index (χ0n) is 31.1. The number of alkyl halides is 1. The molecule has 5 aromatic rings. The van der Waals surface area contributed by atoms with Crippen molar-refractivity contribution in [3.63, 3.8) is 0 Å². The van der Waals surface area contributed by atoms with E-state index in [9.17, 15) is 0 Å². The van der Waals surface area contributed by atoms with E-state index in [0.29, 0.717) is 0 Å². The van der Waals surface area contributed by atoms with Gasteiger partial charge in [-0.25, -0.2) is 0 Å². The maximum atomic E-state index is 6.80. The first kappa shape index (κ1) is 35.0. The fourth-order valence-electron chi connectivity index (χ4n) is 8.45. The SMILES string of the molecule is Cc1cc(C)c(Cc2ccc(C(=C3C=CC(=NC4CCCCC4Cl)c4ccccc43)c3ccc(Cc4c(C)cc(C)cc4C)cc3)cc2)c(C)c1. The van der Waals surface area contributed by atoms with Crippen LogP contribution in [0.5, 0.6) is 0 Å². The Morgan fingerprint density at radius 3 is 1.55 bits per heavy atom. The first-order chi connectivity index (χ1) is 24.6. The van der Waals surface area contributed by atoms with Crippen LogP contribution in [0.1, 0.15) is 104 Å². The van der Waals surface area contributed by atoms with Gasteiger partial charge in [0, 0.05) is 5.56 Å². The van der Waals surface area contributed by atoms with Crippen molar-refractivity contribution in [3.8, 4) is 0 Å². The molecule has 0 radical (unpaired) electrons. The molecule has 51 heavy (non-hydrogen) atoms. The molecule has 0 bridgehead atoms. The lowest BCUT2D eigenvalue weighted by Gasteiger charge is -2.26. The van der Waals surface area contributed by atoms with Crippen LogP contribution in [0.3, 0.4) is 0 Å². The highest BCUT2D eigenvalue weighted by atomic mass is 35.5. The molecule has 0 spiro atoms. The second-order valence-corrected chi connectivity index (χ2v) is 15.6. The summed E-state index contributed by atoms with van der Waals surface area (Å²) in [5.41, 5.74) is 22.0.